The molecule has 1 aliphatic heterocycles. The van der Waals surface area contributed by atoms with Crippen molar-refractivity contribution in [3.63, 3.8) is 0 Å². The van der Waals surface area contributed by atoms with Crippen molar-refractivity contribution in [1.29, 1.82) is 5.26 Å². The number of carbonyl (C=O) groups is 1. The summed E-state index contributed by atoms with van der Waals surface area (Å²) >= 11 is 0. The van der Waals surface area contributed by atoms with Crippen molar-refractivity contribution in [3.05, 3.63) is 78.3 Å². The standard InChI is InChI=1S/C24H20N4O2/c1-3-30-23(29)28-15-14-19-22(24(28,2)16-25)27-21(18-12-8-5-9-13-18)20(26-19)17-10-6-4-7-11-17/h4-15H,3H2,1-2H3. The SMILES string of the molecule is CCOC(=O)N1C=Cc2nc(-c3ccccc3)c(-c3ccccc3)nc2C1(C)C#N. The van der Waals surface area contributed by atoms with Gasteiger partial charge < -0.3 is 4.74 Å². The Morgan fingerprint density at radius 2 is 1.60 bits per heavy atom. The third-order valence-corrected chi connectivity index (χ3v) is 5.02. The Kier molecular flexibility index (Phi) is 5.03. The Labute approximate surface area is 175 Å². The van der Waals surface area contributed by atoms with E-state index in [-0.39, 0.29) is 6.61 Å². The van der Waals surface area contributed by atoms with Crippen LogP contribution in [0.25, 0.3) is 28.6 Å². The highest BCUT2D eigenvalue weighted by Gasteiger charge is 2.43. The molecular formula is C24H20N4O2. The minimum atomic E-state index is -1.35. The van der Waals surface area contributed by atoms with Gasteiger partial charge in [-0.2, -0.15) is 5.26 Å². The molecule has 0 N–H and O–H groups in total. The molecule has 2 heterocycles. The van der Waals surface area contributed by atoms with E-state index in [1.54, 1.807) is 19.9 Å². The topological polar surface area (TPSA) is 79.1 Å². The molecule has 0 bridgehead atoms. The molecule has 0 aliphatic carbocycles. The zero-order valence-electron chi connectivity index (χ0n) is 16.7. The summed E-state index contributed by atoms with van der Waals surface area (Å²) in [5.41, 5.74) is 2.80. The van der Waals surface area contributed by atoms with Gasteiger partial charge in [-0.25, -0.2) is 14.8 Å². The van der Waals surface area contributed by atoms with Crippen LogP contribution < -0.4 is 0 Å². The molecule has 1 unspecified atom stereocenters. The molecule has 0 fully saturated rings. The Hall–Kier alpha value is -3.98. The first-order chi connectivity index (χ1) is 14.6. The van der Waals surface area contributed by atoms with E-state index >= 15 is 0 Å². The van der Waals surface area contributed by atoms with E-state index in [1.807, 2.05) is 60.7 Å². The predicted molar refractivity (Wildman–Crippen MR) is 114 cm³/mol. The summed E-state index contributed by atoms with van der Waals surface area (Å²) in [6.07, 6.45) is 2.63. The lowest BCUT2D eigenvalue weighted by Crippen LogP contribution is -2.46. The number of nitrogens with zero attached hydrogens (tertiary/aromatic N) is 4. The smallest absolute Gasteiger partial charge is 0.415 e. The van der Waals surface area contributed by atoms with Crippen molar-refractivity contribution < 1.29 is 9.53 Å². The molecule has 30 heavy (non-hydrogen) atoms. The fourth-order valence-corrected chi connectivity index (χ4v) is 3.47. The number of aromatic nitrogens is 2. The summed E-state index contributed by atoms with van der Waals surface area (Å²) in [5.74, 6) is 0. The summed E-state index contributed by atoms with van der Waals surface area (Å²) in [6, 6.07) is 21.7. The zero-order valence-corrected chi connectivity index (χ0v) is 16.7. The number of nitriles is 1. The third-order valence-electron chi connectivity index (χ3n) is 5.02. The molecular weight excluding hydrogens is 376 g/mol. The van der Waals surface area contributed by atoms with E-state index < -0.39 is 11.6 Å². The number of ether oxygens (including phenoxy) is 1. The minimum absolute atomic E-state index is 0.214. The zero-order chi connectivity index (χ0) is 21.1. The van der Waals surface area contributed by atoms with E-state index in [2.05, 4.69) is 6.07 Å². The Balaban J connectivity index is 1.96. The summed E-state index contributed by atoms with van der Waals surface area (Å²) < 4.78 is 5.14. The lowest BCUT2D eigenvalue weighted by atomic mass is 9.91. The maximum absolute atomic E-state index is 12.5. The van der Waals surface area contributed by atoms with Crippen molar-refractivity contribution in [2.24, 2.45) is 0 Å². The highest BCUT2D eigenvalue weighted by molar-refractivity contribution is 5.81. The molecule has 0 saturated carbocycles. The van der Waals surface area contributed by atoms with Crippen molar-refractivity contribution in [1.82, 2.24) is 14.9 Å². The van der Waals surface area contributed by atoms with Crippen LogP contribution in [0.2, 0.25) is 0 Å². The highest BCUT2D eigenvalue weighted by Crippen LogP contribution is 2.38. The number of hydrogen-bond acceptors (Lipinski definition) is 5. The van der Waals surface area contributed by atoms with Crippen LogP contribution in [-0.4, -0.2) is 27.6 Å². The average molecular weight is 396 g/mol. The van der Waals surface area contributed by atoms with Gasteiger partial charge in [0.15, 0.2) is 5.54 Å². The van der Waals surface area contributed by atoms with E-state index in [0.717, 1.165) is 16.8 Å². The number of amides is 1. The monoisotopic (exact) mass is 396 g/mol. The first kappa shape index (κ1) is 19.3. The van der Waals surface area contributed by atoms with Gasteiger partial charge >= 0.3 is 6.09 Å². The lowest BCUT2D eigenvalue weighted by molar-refractivity contribution is 0.0972. The van der Waals surface area contributed by atoms with Gasteiger partial charge in [-0.1, -0.05) is 60.7 Å². The van der Waals surface area contributed by atoms with Gasteiger partial charge in [0.2, 0.25) is 0 Å². The molecule has 1 atom stereocenters. The molecule has 6 nitrogen and oxygen atoms in total. The number of hydrogen-bond donors (Lipinski definition) is 0. The normalized spacial score (nSPS) is 17.2. The van der Waals surface area contributed by atoms with Crippen LogP contribution in [0.15, 0.2) is 66.9 Å². The largest absolute Gasteiger partial charge is 0.449 e. The van der Waals surface area contributed by atoms with Gasteiger partial charge in [0, 0.05) is 17.3 Å². The molecule has 1 aromatic heterocycles. The number of carbonyl (C=O) groups excluding carboxylic acids is 1. The van der Waals surface area contributed by atoms with E-state index in [1.165, 1.54) is 11.1 Å². The molecule has 2 aromatic carbocycles. The van der Waals surface area contributed by atoms with Crippen LogP contribution in [0.4, 0.5) is 4.79 Å². The minimum Gasteiger partial charge on any atom is -0.449 e. The summed E-state index contributed by atoms with van der Waals surface area (Å²) in [5, 5.41) is 10.0. The van der Waals surface area contributed by atoms with Gasteiger partial charge in [-0.05, 0) is 19.9 Å². The second-order valence-corrected chi connectivity index (χ2v) is 6.96. The molecule has 6 heteroatoms. The second-order valence-electron chi connectivity index (χ2n) is 6.96. The van der Waals surface area contributed by atoms with Gasteiger partial charge in [0.05, 0.1) is 29.8 Å². The van der Waals surface area contributed by atoms with Crippen LogP contribution in [0.3, 0.4) is 0 Å². The van der Waals surface area contributed by atoms with E-state index in [4.69, 9.17) is 14.7 Å². The number of rotatable bonds is 3. The molecule has 3 aromatic rings. The molecule has 0 radical (unpaired) electrons. The van der Waals surface area contributed by atoms with Crippen LogP contribution in [0.1, 0.15) is 25.2 Å². The van der Waals surface area contributed by atoms with Crippen LogP contribution in [0.5, 0.6) is 0 Å². The Bertz CT molecular complexity index is 1150. The van der Waals surface area contributed by atoms with Crippen LogP contribution >= 0.6 is 0 Å². The van der Waals surface area contributed by atoms with Crippen LogP contribution in [0, 0.1) is 11.3 Å². The number of fused-ring (bicyclic) bond motifs is 1. The number of benzene rings is 2. The fourth-order valence-electron chi connectivity index (χ4n) is 3.47. The Morgan fingerprint density at radius 1 is 1.03 bits per heavy atom. The quantitative estimate of drug-likeness (QED) is 0.623. The third kappa shape index (κ3) is 3.20. The first-order valence-corrected chi connectivity index (χ1v) is 9.67. The fraction of sp³-hybridized carbons (Fsp3) is 0.167. The van der Waals surface area contributed by atoms with E-state index in [9.17, 15) is 10.1 Å². The van der Waals surface area contributed by atoms with Gasteiger partial charge in [0.25, 0.3) is 0 Å². The van der Waals surface area contributed by atoms with Crippen molar-refractivity contribution in [2.45, 2.75) is 19.4 Å². The molecule has 1 amide bonds. The van der Waals surface area contributed by atoms with Gasteiger partial charge in [-0.3, -0.25) is 4.90 Å². The summed E-state index contributed by atoms with van der Waals surface area (Å²) in [7, 11) is 0. The predicted octanol–water partition coefficient (Wildman–Crippen LogP) is 4.99. The maximum Gasteiger partial charge on any atom is 0.415 e. The Morgan fingerprint density at radius 3 is 2.13 bits per heavy atom. The maximum atomic E-state index is 12.5. The molecule has 1 aliphatic rings. The van der Waals surface area contributed by atoms with Gasteiger partial charge in [0.1, 0.15) is 5.69 Å². The lowest BCUT2D eigenvalue weighted by Gasteiger charge is -2.35. The van der Waals surface area contributed by atoms with Crippen molar-refractivity contribution >= 4 is 12.2 Å². The molecule has 0 saturated heterocycles. The van der Waals surface area contributed by atoms with Crippen LogP contribution in [-0.2, 0) is 10.3 Å². The molecule has 148 valence electrons. The molecule has 4 rings (SSSR count). The second kappa shape index (κ2) is 7.80. The van der Waals surface area contributed by atoms with Crippen molar-refractivity contribution in [3.8, 4) is 28.6 Å². The summed E-state index contributed by atoms with van der Waals surface area (Å²) in [6.45, 7) is 3.59. The first-order valence-electron chi connectivity index (χ1n) is 9.67. The highest BCUT2D eigenvalue weighted by atomic mass is 16.6. The average Bonchev–Trinajstić information content (AvgIpc) is 2.80. The van der Waals surface area contributed by atoms with Crippen molar-refractivity contribution in [2.75, 3.05) is 6.61 Å². The van der Waals surface area contributed by atoms with E-state index in [0.29, 0.717) is 17.1 Å². The summed E-state index contributed by atoms with van der Waals surface area (Å²) in [4.78, 5) is 23.5. The van der Waals surface area contributed by atoms with Gasteiger partial charge in [-0.15, -0.1) is 0 Å². The molecule has 0 spiro atoms.